The lowest BCUT2D eigenvalue weighted by Gasteiger charge is -2.20. The Kier molecular flexibility index (Phi) is 5.97. The highest BCUT2D eigenvalue weighted by molar-refractivity contribution is 6.04. The lowest BCUT2D eigenvalue weighted by atomic mass is 9.87. The molecule has 0 aromatic heterocycles. The normalized spacial score (nSPS) is 14.3. The molecule has 0 aliphatic carbocycles. The van der Waals surface area contributed by atoms with Crippen LogP contribution >= 0.6 is 0 Å². The fraction of sp³-hybridized carbons (Fsp3) is 0.375. The molecule has 1 atom stereocenters. The van der Waals surface area contributed by atoms with Gasteiger partial charge in [-0.15, -0.1) is 0 Å². The Bertz CT molecular complexity index is 972. The van der Waals surface area contributed by atoms with Gasteiger partial charge in [-0.25, -0.2) is 4.79 Å². The summed E-state index contributed by atoms with van der Waals surface area (Å²) >= 11 is 0. The molecule has 1 aliphatic heterocycles. The average Bonchev–Trinajstić information content (AvgIpc) is 2.98. The summed E-state index contributed by atoms with van der Waals surface area (Å²) in [7, 11) is 1.70. The number of Topliss-reactive ketones (excluding diaryl/α,β-unsaturated/α-hetero) is 1. The topological polar surface area (TPSA) is 72.9 Å². The highest BCUT2D eigenvalue weighted by atomic mass is 16.6. The second kappa shape index (κ2) is 8.30. The first-order valence-corrected chi connectivity index (χ1v) is 9.93. The number of benzene rings is 2. The summed E-state index contributed by atoms with van der Waals surface area (Å²) in [5.41, 5.74) is 3.21. The highest BCUT2D eigenvalue weighted by Crippen LogP contribution is 2.28. The van der Waals surface area contributed by atoms with Crippen LogP contribution in [0.1, 0.15) is 49.2 Å². The zero-order chi connectivity index (χ0) is 22.1. The molecule has 1 amide bonds. The van der Waals surface area contributed by atoms with Crippen LogP contribution in [-0.2, 0) is 26.2 Å². The molecule has 0 saturated carbocycles. The number of nitrogens with zero attached hydrogens (tertiary/aromatic N) is 1. The monoisotopic (exact) mass is 409 g/mol. The van der Waals surface area contributed by atoms with Crippen molar-refractivity contribution in [3.63, 3.8) is 0 Å². The second-order valence-electron chi connectivity index (χ2n) is 8.54. The summed E-state index contributed by atoms with van der Waals surface area (Å²) in [6.45, 7) is 7.57. The van der Waals surface area contributed by atoms with Crippen molar-refractivity contribution in [2.24, 2.45) is 0 Å². The van der Waals surface area contributed by atoms with Crippen molar-refractivity contribution in [3.8, 4) is 5.75 Å². The minimum Gasteiger partial charge on any atom is -0.479 e. The van der Waals surface area contributed by atoms with Crippen LogP contribution in [0.4, 0.5) is 5.69 Å². The van der Waals surface area contributed by atoms with Crippen LogP contribution in [0, 0.1) is 0 Å². The lowest BCUT2D eigenvalue weighted by Crippen LogP contribution is -2.28. The van der Waals surface area contributed by atoms with Gasteiger partial charge in [0.15, 0.2) is 18.5 Å². The Morgan fingerprint density at radius 3 is 2.40 bits per heavy atom. The van der Waals surface area contributed by atoms with Crippen LogP contribution in [0.3, 0.4) is 0 Å². The summed E-state index contributed by atoms with van der Waals surface area (Å²) in [4.78, 5) is 38.0. The minimum atomic E-state index is -0.843. The first-order valence-electron chi connectivity index (χ1n) is 9.93. The van der Waals surface area contributed by atoms with Gasteiger partial charge in [-0.2, -0.15) is 0 Å². The SMILES string of the molecule is C[C@H](Oc1ccc(C(C)(C)C)cc1)C(=O)OCC(=O)c1ccc2c(c1)CC(=O)N2C. The van der Waals surface area contributed by atoms with Gasteiger partial charge in [-0.1, -0.05) is 32.9 Å². The molecule has 0 fully saturated rings. The second-order valence-corrected chi connectivity index (χ2v) is 8.54. The summed E-state index contributed by atoms with van der Waals surface area (Å²) in [6, 6.07) is 12.6. The van der Waals surface area contributed by atoms with Gasteiger partial charge >= 0.3 is 5.97 Å². The molecule has 30 heavy (non-hydrogen) atoms. The molecule has 0 radical (unpaired) electrons. The Balaban J connectivity index is 1.54. The number of amides is 1. The largest absolute Gasteiger partial charge is 0.479 e. The van der Waals surface area contributed by atoms with Gasteiger partial charge in [0.1, 0.15) is 5.75 Å². The number of fused-ring (bicyclic) bond motifs is 1. The van der Waals surface area contributed by atoms with Gasteiger partial charge in [-0.05, 0) is 53.8 Å². The predicted octanol–water partition coefficient (Wildman–Crippen LogP) is 3.70. The van der Waals surface area contributed by atoms with E-state index in [2.05, 4.69) is 20.8 Å². The maximum absolute atomic E-state index is 12.4. The number of hydrogen-bond donors (Lipinski definition) is 0. The van der Waals surface area contributed by atoms with Crippen LogP contribution in [-0.4, -0.2) is 37.4 Å². The molecule has 0 bridgehead atoms. The van der Waals surface area contributed by atoms with E-state index in [-0.39, 0.29) is 30.1 Å². The van der Waals surface area contributed by atoms with Crippen molar-refractivity contribution in [3.05, 3.63) is 59.2 Å². The summed E-state index contributed by atoms with van der Waals surface area (Å²) in [5.74, 6) is -0.386. The number of rotatable bonds is 6. The van der Waals surface area contributed by atoms with Crippen molar-refractivity contribution in [2.75, 3.05) is 18.6 Å². The van der Waals surface area contributed by atoms with Gasteiger partial charge in [0.2, 0.25) is 5.91 Å². The number of likely N-dealkylation sites (N-methyl/N-ethyl adjacent to an activating group) is 1. The fourth-order valence-corrected chi connectivity index (χ4v) is 3.27. The smallest absolute Gasteiger partial charge is 0.347 e. The van der Waals surface area contributed by atoms with Gasteiger partial charge in [0.05, 0.1) is 6.42 Å². The first kappa shape index (κ1) is 21.6. The van der Waals surface area contributed by atoms with Gasteiger partial charge in [0.25, 0.3) is 0 Å². The third-order valence-electron chi connectivity index (χ3n) is 5.19. The van der Waals surface area contributed by atoms with Crippen LogP contribution in [0.15, 0.2) is 42.5 Å². The first-order chi connectivity index (χ1) is 14.1. The van der Waals surface area contributed by atoms with Crippen molar-refractivity contribution < 1.29 is 23.9 Å². The summed E-state index contributed by atoms with van der Waals surface area (Å²) in [6.07, 6.45) is -0.574. The number of ether oxygens (including phenoxy) is 2. The van der Waals surface area contributed by atoms with Crippen molar-refractivity contribution in [1.82, 2.24) is 0 Å². The summed E-state index contributed by atoms with van der Waals surface area (Å²) in [5, 5.41) is 0. The molecule has 0 spiro atoms. The minimum absolute atomic E-state index is 0.0115. The molecular formula is C24H27NO5. The van der Waals surface area contributed by atoms with E-state index in [4.69, 9.17) is 9.47 Å². The zero-order valence-electron chi connectivity index (χ0n) is 18.0. The quantitative estimate of drug-likeness (QED) is 0.537. The van der Waals surface area contributed by atoms with E-state index in [0.717, 1.165) is 16.8 Å². The number of anilines is 1. The predicted molar refractivity (Wildman–Crippen MR) is 114 cm³/mol. The maximum Gasteiger partial charge on any atom is 0.347 e. The Morgan fingerprint density at radius 2 is 1.77 bits per heavy atom. The van der Waals surface area contributed by atoms with Crippen LogP contribution in [0.2, 0.25) is 0 Å². The maximum atomic E-state index is 12.4. The Morgan fingerprint density at radius 1 is 1.10 bits per heavy atom. The van der Waals surface area contributed by atoms with Crippen molar-refractivity contribution >= 4 is 23.3 Å². The molecule has 2 aromatic rings. The molecule has 6 nitrogen and oxygen atoms in total. The number of esters is 1. The average molecular weight is 409 g/mol. The molecule has 1 heterocycles. The molecule has 6 heteroatoms. The number of carbonyl (C=O) groups excluding carboxylic acids is 3. The molecular weight excluding hydrogens is 382 g/mol. The standard InChI is InChI=1S/C24H27NO5/c1-15(30-19-9-7-18(8-10-19)24(2,3)4)23(28)29-14-21(26)16-6-11-20-17(12-16)13-22(27)25(20)5/h6-12,15H,13-14H2,1-5H3/t15-/m0/s1. The molecule has 158 valence electrons. The molecule has 1 aliphatic rings. The molecule has 0 unspecified atom stereocenters. The van der Waals surface area contributed by atoms with Crippen LogP contribution in [0.25, 0.3) is 0 Å². The van der Waals surface area contributed by atoms with Crippen molar-refractivity contribution in [2.45, 2.75) is 45.6 Å². The third-order valence-corrected chi connectivity index (χ3v) is 5.19. The highest BCUT2D eigenvalue weighted by Gasteiger charge is 2.25. The van der Waals surface area contributed by atoms with Gasteiger partial charge < -0.3 is 14.4 Å². The van der Waals surface area contributed by atoms with E-state index < -0.39 is 12.1 Å². The van der Waals surface area contributed by atoms with E-state index in [1.54, 1.807) is 37.1 Å². The van der Waals surface area contributed by atoms with E-state index in [1.165, 1.54) is 0 Å². The zero-order valence-corrected chi connectivity index (χ0v) is 18.0. The molecule has 0 N–H and O–H groups in total. The van der Waals surface area contributed by atoms with Gasteiger partial charge in [-0.3, -0.25) is 9.59 Å². The van der Waals surface area contributed by atoms with E-state index in [0.29, 0.717) is 11.3 Å². The number of ketones is 1. The van der Waals surface area contributed by atoms with E-state index in [9.17, 15) is 14.4 Å². The number of carbonyl (C=O) groups is 3. The molecule has 2 aromatic carbocycles. The number of hydrogen-bond acceptors (Lipinski definition) is 5. The third kappa shape index (κ3) is 4.70. The summed E-state index contributed by atoms with van der Waals surface area (Å²) < 4.78 is 10.8. The van der Waals surface area contributed by atoms with E-state index in [1.807, 2.05) is 24.3 Å². The lowest BCUT2D eigenvalue weighted by molar-refractivity contribution is -0.149. The van der Waals surface area contributed by atoms with Crippen molar-refractivity contribution in [1.29, 1.82) is 0 Å². The van der Waals surface area contributed by atoms with Gasteiger partial charge in [0, 0.05) is 18.3 Å². The fourth-order valence-electron chi connectivity index (χ4n) is 3.27. The van der Waals surface area contributed by atoms with E-state index >= 15 is 0 Å². The molecule has 0 saturated heterocycles. The van der Waals surface area contributed by atoms with Crippen LogP contribution < -0.4 is 9.64 Å². The van der Waals surface area contributed by atoms with Crippen LogP contribution in [0.5, 0.6) is 5.75 Å². The Hall–Kier alpha value is -3.15. The molecule has 3 rings (SSSR count). The Labute approximate surface area is 176 Å².